The predicted octanol–water partition coefficient (Wildman–Crippen LogP) is 1.80. The van der Waals surface area contributed by atoms with Gasteiger partial charge < -0.3 is 4.90 Å². The number of carbonyl (C=O) groups is 1. The number of nitriles is 1. The van der Waals surface area contributed by atoms with E-state index in [2.05, 4.69) is 6.07 Å². The van der Waals surface area contributed by atoms with E-state index in [1.54, 1.807) is 6.26 Å². The van der Waals surface area contributed by atoms with Gasteiger partial charge in [-0.15, -0.1) is 11.8 Å². The first-order valence-electron chi connectivity index (χ1n) is 4.67. The molecule has 1 aliphatic rings. The van der Waals surface area contributed by atoms with Crippen molar-refractivity contribution in [1.29, 1.82) is 5.26 Å². The van der Waals surface area contributed by atoms with Crippen LogP contribution in [0.1, 0.15) is 12.8 Å². The van der Waals surface area contributed by atoms with Crippen molar-refractivity contribution in [3.8, 4) is 6.07 Å². The van der Waals surface area contributed by atoms with Gasteiger partial charge in [-0.2, -0.15) is 18.4 Å². The third-order valence-corrected chi connectivity index (χ3v) is 3.98. The number of carbonyl (C=O) groups excluding carboxylic acids is 1. The van der Waals surface area contributed by atoms with Gasteiger partial charge in [-0.3, -0.25) is 4.79 Å². The van der Waals surface area contributed by atoms with Gasteiger partial charge in [0.1, 0.15) is 4.75 Å². The van der Waals surface area contributed by atoms with Crippen molar-refractivity contribution in [2.24, 2.45) is 0 Å². The molecular formula is C9H11F3N2OS. The maximum Gasteiger partial charge on any atom is 0.471 e. The first kappa shape index (κ1) is 13.2. The predicted molar refractivity (Wildman–Crippen MR) is 53.7 cm³/mol. The van der Waals surface area contributed by atoms with Crippen molar-refractivity contribution in [3.05, 3.63) is 0 Å². The Morgan fingerprint density at radius 2 is 1.94 bits per heavy atom. The molecule has 1 heterocycles. The summed E-state index contributed by atoms with van der Waals surface area (Å²) in [6.07, 6.45) is -2.49. The molecule has 0 unspecified atom stereocenters. The Morgan fingerprint density at radius 3 is 2.25 bits per heavy atom. The first-order valence-corrected chi connectivity index (χ1v) is 5.89. The molecule has 1 rings (SSSR count). The molecule has 3 nitrogen and oxygen atoms in total. The molecule has 1 amide bonds. The largest absolute Gasteiger partial charge is 0.471 e. The zero-order valence-electron chi connectivity index (χ0n) is 8.67. The van der Waals surface area contributed by atoms with Gasteiger partial charge in [-0.25, -0.2) is 0 Å². The normalized spacial score (nSPS) is 20.3. The number of amides is 1. The number of hydrogen-bond donors (Lipinski definition) is 0. The third kappa shape index (κ3) is 2.61. The lowest BCUT2D eigenvalue weighted by molar-refractivity contribution is -0.186. The molecule has 0 radical (unpaired) electrons. The molecule has 90 valence electrons. The van der Waals surface area contributed by atoms with Crippen LogP contribution in [-0.4, -0.2) is 41.1 Å². The average molecular weight is 252 g/mol. The zero-order valence-corrected chi connectivity index (χ0v) is 9.49. The van der Waals surface area contributed by atoms with E-state index in [-0.39, 0.29) is 25.9 Å². The second kappa shape index (κ2) is 4.53. The van der Waals surface area contributed by atoms with E-state index < -0.39 is 16.8 Å². The lowest BCUT2D eigenvalue weighted by atomic mass is 9.97. The summed E-state index contributed by atoms with van der Waals surface area (Å²) in [5.41, 5.74) is 0. The standard InChI is InChI=1S/C9H11F3N2OS/c1-16-8(6-13)2-4-14(5-3-8)7(15)9(10,11)12/h2-5H2,1H3. The van der Waals surface area contributed by atoms with E-state index in [4.69, 9.17) is 5.26 Å². The van der Waals surface area contributed by atoms with Crippen LogP contribution in [0.2, 0.25) is 0 Å². The summed E-state index contributed by atoms with van der Waals surface area (Å²) in [4.78, 5) is 11.7. The van der Waals surface area contributed by atoms with Crippen LogP contribution < -0.4 is 0 Å². The highest BCUT2D eigenvalue weighted by Gasteiger charge is 2.45. The van der Waals surface area contributed by atoms with E-state index in [0.29, 0.717) is 0 Å². The summed E-state index contributed by atoms with van der Waals surface area (Å²) >= 11 is 1.33. The highest BCUT2D eigenvalue weighted by molar-refractivity contribution is 8.00. The number of hydrogen-bond acceptors (Lipinski definition) is 3. The molecule has 0 saturated carbocycles. The first-order chi connectivity index (χ1) is 7.34. The van der Waals surface area contributed by atoms with Gasteiger partial charge in [0.25, 0.3) is 0 Å². The smallest absolute Gasteiger partial charge is 0.335 e. The summed E-state index contributed by atoms with van der Waals surface area (Å²) in [5.74, 6) is -1.81. The Hall–Kier alpha value is -0.900. The van der Waals surface area contributed by atoms with Gasteiger partial charge in [0.05, 0.1) is 6.07 Å². The van der Waals surface area contributed by atoms with Gasteiger partial charge in [-0.1, -0.05) is 0 Å². The van der Waals surface area contributed by atoms with Gasteiger partial charge in [-0.05, 0) is 19.1 Å². The van der Waals surface area contributed by atoms with Gasteiger partial charge in [0, 0.05) is 13.1 Å². The highest BCUT2D eigenvalue weighted by atomic mass is 32.2. The van der Waals surface area contributed by atoms with Gasteiger partial charge in [0.15, 0.2) is 0 Å². The number of likely N-dealkylation sites (tertiary alicyclic amines) is 1. The fourth-order valence-electron chi connectivity index (χ4n) is 1.61. The van der Waals surface area contributed by atoms with Crippen molar-refractivity contribution in [2.45, 2.75) is 23.8 Å². The number of piperidine rings is 1. The van der Waals surface area contributed by atoms with E-state index >= 15 is 0 Å². The molecule has 1 saturated heterocycles. The highest BCUT2D eigenvalue weighted by Crippen LogP contribution is 2.34. The second-order valence-electron chi connectivity index (χ2n) is 3.60. The maximum atomic E-state index is 12.1. The van der Waals surface area contributed by atoms with E-state index in [9.17, 15) is 18.0 Å². The average Bonchev–Trinajstić information content (AvgIpc) is 2.27. The Balaban J connectivity index is 2.63. The van der Waals surface area contributed by atoms with Crippen LogP contribution >= 0.6 is 11.8 Å². The summed E-state index contributed by atoms with van der Waals surface area (Å²) in [6, 6.07) is 2.11. The molecule has 0 aromatic heterocycles. The quantitative estimate of drug-likeness (QED) is 0.714. The van der Waals surface area contributed by atoms with Crippen LogP contribution in [0.15, 0.2) is 0 Å². The van der Waals surface area contributed by atoms with Crippen molar-refractivity contribution in [2.75, 3.05) is 19.3 Å². The number of nitrogens with zero attached hydrogens (tertiary/aromatic N) is 2. The number of rotatable bonds is 1. The molecule has 0 aliphatic carbocycles. The summed E-state index contributed by atoms with van der Waals surface area (Å²) in [6.45, 7) is -0.0144. The Bertz CT molecular complexity index is 316. The molecule has 1 aliphatic heterocycles. The molecule has 0 spiro atoms. The molecule has 0 aromatic rings. The van der Waals surface area contributed by atoms with Crippen LogP contribution in [0.4, 0.5) is 13.2 Å². The fraction of sp³-hybridized carbons (Fsp3) is 0.778. The monoisotopic (exact) mass is 252 g/mol. The topological polar surface area (TPSA) is 44.1 Å². The summed E-state index contributed by atoms with van der Waals surface area (Å²) in [7, 11) is 0. The van der Waals surface area contributed by atoms with Gasteiger partial charge in [0.2, 0.25) is 0 Å². The molecule has 0 atom stereocenters. The SMILES string of the molecule is CSC1(C#N)CCN(C(=O)C(F)(F)F)CC1. The minimum atomic E-state index is -4.81. The van der Waals surface area contributed by atoms with Crippen LogP contribution in [0.3, 0.4) is 0 Å². The van der Waals surface area contributed by atoms with Crippen LogP contribution in [0.5, 0.6) is 0 Å². The third-order valence-electron chi connectivity index (χ3n) is 2.70. The van der Waals surface area contributed by atoms with Crippen LogP contribution in [-0.2, 0) is 4.79 Å². The number of thioether (sulfide) groups is 1. The Morgan fingerprint density at radius 1 is 1.44 bits per heavy atom. The Labute approximate surface area is 95.6 Å². The van der Waals surface area contributed by atoms with Crippen LogP contribution in [0, 0.1) is 11.3 Å². The fourth-order valence-corrected chi connectivity index (χ4v) is 2.29. The molecule has 1 fully saturated rings. The summed E-state index contributed by atoms with van der Waals surface area (Å²) < 4.78 is 35.7. The molecule has 0 aromatic carbocycles. The van der Waals surface area contributed by atoms with Crippen molar-refractivity contribution in [1.82, 2.24) is 4.90 Å². The maximum absolute atomic E-state index is 12.1. The Kier molecular flexibility index (Phi) is 3.73. The lowest BCUT2D eigenvalue weighted by Crippen LogP contribution is -2.48. The number of alkyl halides is 3. The van der Waals surface area contributed by atoms with E-state index in [1.165, 1.54) is 11.8 Å². The molecule has 0 bridgehead atoms. The van der Waals surface area contributed by atoms with E-state index in [1.807, 2.05) is 0 Å². The molecule has 0 N–H and O–H groups in total. The van der Waals surface area contributed by atoms with Gasteiger partial charge >= 0.3 is 12.1 Å². The van der Waals surface area contributed by atoms with E-state index in [0.717, 1.165) is 4.90 Å². The van der Waals surface area contributed by atoms with Crippen LogP contribution in [0.25, 0.3) is 0 Å². The molecule has 7 heteroatoms. The molecular weight excluding hydrogens is 241 g/mol. The zero-order chi connectivity index (χ0) is 12.4. The minimum absolute atomic E-state index is 0.00720. The minimum Gasteiger partial charge on any atom is -0.335 e. The van der Waals surface area contributed by atoms with Crippen molar-refractivity contribution < 1.29 is 18.0 Å². The summed E-state index contributed by atoms with van der Waals surface area (Å²) in [5, 5.41) is 8.93. The second-order valence-corrected chi connectivity index (χ2v) is 4.79. The van der Waals surface area contributed by atoms with Crippen molar-refractivity contribution in [3.63, 3.8) is 0 Å². The van der Waals surface area contributed by atoms with Crippen molar-refractivity contribution >= 4 is 17.7 Å². The lowest BCUT2D eigenvalue weighted by Gasteiger charge is -2.36. The number of halogens is 3. The molecule has 16 heavy (non-hydrogen) atoms.